The van der Waals surface area contributed by atoms with Gasteiger partial charge in [0.1, 0.15) is 42.7 Å². The van der Waals surface area contributed by atoms with Crippen LogP contribution in [0.4, 0.5) is 0 Å². The lowest BCUT2D eigenvalue weighted by Crippen LogP contribution is -2.60. The van der Waals surface area contributed by atoms with Gasteiger partial charge in [-0.15, -0.1) is 0 Å². The number of nitrogens with zero attached hydrogens (tertiary/aromatic N) is 1. The van der Waals surface area contributed by atoms with Crippen molar-refractivity contribution in [1.29, 1.82) is 5.26 Å². The van der Waals surface area contributed by atoms with Crippen LogP contribution in [0, 0.1) is 11.3 Å². The second-order valence-corrected chi connectivity index (χ2v) is 7.15. The first kappa shape index (κ1) is 23.0. The first-order valence-corrected chi connectivity index (χ1v) is 9.40. The van der Waals surface area contributed by atoms with Crippen molar-refractivity contribution in [3.63, 3.8) is 0 Å². The van der Waals surface area contributed by atoms with Crippen molar-refractivity contribution in [2.75, 3.05) is 13.2 Å². The summed E-state index contributed by atoms with van der Waals surface area (Å²) < 4.78 is 21.5. The zero-order valence-corrected chi connectivity index (χ0v) is 15.8. The number of rotatable bonds is 6. The smallest absolute Gasteiger partial charge is 0.188 e. The van der Waals surface area contributed by atoms with Crippen LogP contribution in [0.15, 0.2) is 30.3 Å². The van der Waals surface area contributed by atoms with Crippen LogP contribution in [-0.4, -0.2) is 99.2 Å². The van der Waals surface area contributed by atoms with E-state index in [-0.39, 0.29) is 6.61 Å². The molecule has 0 spiro atoms. The van der Waals surface area contributed by atoms with Crippen molar-refractivity contribution in [3.05, 3.63) is 35.9 Å². The molecule has 30 heavy (non-hydrogen) atoms. The van der Waals surface area contributed by atoms with Gasteiger partial charge >= 0.3 is 0 Å². The van der Waals surface area contributed by atoms with Gasteiger partial charge in [-0.3, -0.25) is 0 Å². The monoisotopic (exact) mass is 427 g/mol. The van der Waals surface area contributed by atoms with Crippen molar-refractivity contribution < 1.29 is 49.6 Å². The van der Waals surface area contributed by atoms with Gasteiger partial charge in [0.15, 0.2) is 18.7 Å². The van der Waals surface area contributed by atoms with Gasteiger partial charge in [-0.25, -0.2) is 0 Å². The molecular formula is C19H25NO10. The van der Waals surface area contributed by atoms with Crippen molar-refractivity contribution in [3.8, 4) is 6.07 Å². The van der Waals surface area contributed by atoms with Crippen molar-refractivity contribution in [2.45, 2.75) is 61.4 Å². The topological polar surface area (TPSA) is 182 Å². The third kappa shape index (κ3) is 4.96. The largest absolute Gasteiger partial charge is 0.388 e. The summed E-state index contributed by atoms with van der Waals surface area (Å²) in [6.45, 7) is -0.678. The molecule has 2 saturated heterocycles. The number of aliphatic hydroxyl groups is 6. The third-order valence-electron chi connectivity index (χ3n) is 5.04. The fraction of sp³-hybridized carbons (Fsp3) is 0.632. The van der Waals surface area contributed by atoms with Crippen LogP contribution in [0.25, 0.3) is 0 Å². The molecule has 0 unspecified atom stereocenters. The molecule has 0 radical (unpaired) electrons. The van der Waals surface area contributed by atoms with Crippen molar-refractivity contribution in [1.82, 2.24) is 0 Å². The SMILES string of the molecule is N#C[C@@H](O[C@H]1O[C@@H](CO[C@H]2OC[C@@H](O)[C@@H](O)[C@@H]2O)[C@@H](O)[C@H](O)[C@@H]1O)c1ccccc1. The van der Waals surface area contributed by atoms with Gasteiger partial charge in [0.05, 0.1) is 19.3 Å². The second kappa shape index (κ2) is 10.1. The molecule has 10 atom stereocenters. The summed E-state index contributed by atoms with van der Waals surface area (Å²) >= 11 is 0. The minimum atomic E-state index is -1.66. The molecular weight excluding hydrogens is 402 g/mol. The maximum absolute atomic E-state index is 10.2. The molecule has 1 aromatic rings. The summed E-state index contributed by atoms with van der Waals surface area (Å²) in [5.74, 6) is 0. The van der Waals surface area contributed by atoms with E-state index in [1.165, 1.54) is 0 Å². The van der Waals surface area contributed by atoms with Crippen LogP contribution >= 0.6 is 0 Å². The molecule has 3 rings (SSSR count). The Kier molecular flexibility index (Phi) is 7.72. The minimum Gasteiger partial charge on any atom is -0.388 e. The van der Waals surface area contributed by atoms with E-state index in [2.05, 4.69) is 0 Å². The summed E-state index contributed by atoms with van der Waals surface area (Å²) in [4.78, 5) is 0. The summed E-state index contributed by atoms with van der Waals surface area (Å²) in [7, 11) is 0. The van der Waals surface area contributed by atoms with E-state index in [1.807, 2.05) is 6.07 Å². The Bertz CT molecular complexity index is 715. The lowest BCUT2D eigenvalue weighted by molar-refractivity contribution is -0.325. The highest BCUT2D eigenvalue weighted by atomic mass is 16.7. The van der Waals surface area contributed by atoms with Crippen LogP contribution < -0.4 is 0 Å². The Morgan fingerprint density at radius 3 is 2.27 bits per heavy atom. The summed E-state index contributed by atoms with van der Waals surface area (Å²) in [5.41, 5.74) is 0.510. The molecule has 0 aromatic heterocycles. The van der Waals surface area contributed by atoms with Gasteiger partial charge < -0.3 is 49.6 Å². The lowest BCUT2D eigenvalue weighted by Gasteiger charge is -2.41. The summed E-state index contributed by atoms with van der Waals surface area (Å²) in [5, 5.41) is 69.0. The molecule has 1 aromatic carbocycles. The van der Waals surface area contributed by atoms with E-state index in [1.54, 1.807) is 30.3 Å². The third-order valence-corrected chi connectivity index (χ3v) is 5.04. The Hall–Kier alpha value is -1.69. The molecule has 11 heteroatoms. The van der Waals surface area contributed by atoms with Crippen molar-refractivity contribution in [2.24, 2.45) is 0 Å². The van der Waals surface area contributed by atoms with E-state index in [0.29, 0.717) is 5.56 Å². The molecule has 0 amide bonds. The van der Waals surface area contributed by atoms with E-state index in [0.717, 1.165) is 0 Å². The molecule has 0 saturated carbocycles. The predicted molar refractivity (Wildman–Crippen MR) is 96.3 cm³/mol. The predicted octanol–water partition coefficient (Wildman–Crippen LogP) is -2.47. The fourth-order valence-corrected chi connectivity index (χ4v) is 3.23. The first-order chi connectivity index (χ1) is 14.3. The number of hydrogen-bond donors (Lipinski definition) is 6. The van der Waals surface area contributed by atoms with Crippen molar-refractivity contribution >= 4 is 0 Å². The first-order valence-electron chi connectivity index (χ1n) is 9.40. The number of hydrogen-bond acceptors (Lipinski definition) is 11. The minimum absolute atomic E-state index is 0.273. The Balaban J connectivity index is 1.63. The molecule has 11 nitrogen and oxygen atoms in total. The molecule has 2 fully saturated rings. The van der Waals surface area contributed by atoms with E-state index in [9.17, 15) is 35.9 Å². The zero-order chi connectivity index (χ0) is 21.8. The normalized spacial score (nSPS) is 40.5. The standard InChI is InChI=1S/C19H25NO10/c20-6-11(9-4-2-1-3-5-9)29-19-17(26)15(24)14(23)12(30-19)8-28-18-16(25)13(22)10(21)7-27-18/h1-5,10-19,21-26H,7-8H2/t10-,11-,12+,13-,14-,15+,16+,17+,18-,19+/m1/s1. The number of ether oxygens (including phenoxy) is 4. The summed E-state index contributed by atoms with van der Waals surface area (Å²) in [6, 6.07) is 10.4. The van der Waals surface area contributed by atoms with Crippen LogP contribution in [0.3, 0.4) is 0 Å². The number of nitriles is 1. The van der Waals surface area contributed by atoms with Gasteiger partial charge in [0, 0.05) is 0 Å². The zero-order valence-electron chi connectivity index (χ0n) is 15.8. The van der Waals surface area contributed by atoms with Gasteiger partial charge in [-0.05, 0) is 5.56 Å². The molecule has 0 bridgehead atoms. The second-order valence-electron chi connectivity index (χ2n) is 7.15. The molecule has 6 N–H and O–H groups in total. The summed E-state index contributed by atoms with van der Waals surface area (Å²) in [6.07, 6.45) is -14.2. The highest BCUT2D eigenvalue weighted by molar-refractivity contribution is 5.22. The Labute approximate surface area is 172 Å². The highest BCUT2D eigenvalue weighted by Gasteiger charge is 2.46. The molecule has 0 aliphatic carbocycles. The van der Waals surface area contributed by atoms with Gasteiger partial charge in [-0.2, -0.15) is 5.26 Å². The highest BCUT2D eigenvalue weighted by Crippen LogP contribution is 2.28. The average molecular weight is 427 g/mol. The Morgan fingerprint density at radius 2 is 1.60 bits per heavy atom. The quantitative estimate of drug-likeness (QED) is 0.283. The molecule has 2 heterocycles. The number of aliphatic hydroxyl groups excluding tert-OH is 6. The fourth-order valence-electron chi connectivity index (χ4n) is 3.23. The Morgan fingerprint density at radius 1 is 0.933 bits per heavy atom. The maximum atomic E-state index is 10.2. The van der Waals surface area contributed by atoms with Gasteiger partial charge in [0.2, 0.25) is 0 Å². The van der Waals surface area contributed by atoms with E-state index >= 15 is 0 Å². The molecule has 2 aliphatic rings. The van der Waals surface area contributed by atoms with E-state index in [4.69, 9.17) is 18.9 Å². The van der Waals surface area contributed by atoms with Crippen LogP contribution in [0.2, 0.25) is 0 Å². The van der Waals surface area contributed by atoms with Crippen LogP contribution in [0.1, 0.15) is 11.7 Å². The van der Waals surface area contributed by atoms with E-state index < -0.39 is 68.0 Å². The van der Waals surface area contributed by atoms with Gasteiger partial charge in [0.25, 0.3) is 0 Å². The lowest BCUT2D eigenvalue weighted by atomic mass is 9.99. The molecule has 166 valence electrons. The average Bonchev–Trinajstić information content (AvgIpc) is 2.76. The van der Waals surface area contributed by atoms with Crippen LogP contribution in [-0.2, 0) is 18.9 Å². The van der Waals surface area contributed by atoms with Crippen LogP contribution in [0.5, 0.6) is 0 Å². The number of benzene rings is 1. The van der Waals surface area contributed by atoms with Gasteiger partial charge in [-0.1, -0.05) is 30.3 Å². The molecule has 2 aliphatic heterocycles. The maximum Gasteiger partial charge on any atom is 0.188 e.